The van der Waals surface area contributed by atoms with Crippen molar-refractivity contribution in [3.63, 3.8) is 0 Å². The Bertz CT molecular complexity index is 307. The molecule has 0 spiro atoms. The lowest BCUT2D eigenvalue weighted by Gasteiger charge is -2.18. The van der Waals surface area contributed by atoms with Crippen LogP contribution in [-0.2, 0) is 13.1 Å². The summed E-state index contributed by atoms with van der Waals surface area (Å²) in [5, 5.41) is 7.89. The molecule has 86 valence electrons. The molecule has 1 heterocycles. The summed E-state index contributed by atoms with van der Waals surface area (Å²) in [6, 6.07) is 2.15. The van der Waals surface area contributed by atoms with Crippen LogP contribution >= 0.6 is 0 Å². The fourth-order valence-electron chi connectivity index (χ4n) is 1.58. The van der Waals surface area contributed by atoms with Crippen LogP contribution in [0.25, 0.3) is 0 Å². The molecule has 3 nitrogen and oxygen atoms in total. The lowest BCUT2D eigenvalue weighted by molar-refractivity contribution is 0.375. The molecule has 0 saturated carbocycles. The van der Waals surface area contributed by atoms with Gasteiger partial charge >= 0.3 is 0 Å². The van der Waals surface area contributed by atoms with E-state index in [-0.39, 0.29) is 0 Å². The molecule has 0 fully saturated rings. The zero-order valence-corrected chi connectivity index (χ0v) is 10.6. The molecule has 0 aliphatic carbocycles. The highest BCUT2D eigenvalue weighted by Gasteiger charge is 2.10. The minimum Gasteiger partial charge on any atom is -0.311 e. The predicted octanol–water partition coefficient (Wildman–Crippen LogP) is 2.35. The zero-order valence-electron chi connectivity index (χ0n) is 10.6. The molecule has 0 saturated heterocycles. The monoisotopic (exact) mass is 209 g/mol. The SMILES string of the molecule is CCn1nc(C)cc1CNCC(C)(C)C. The Morgan fingerprint density at radius 3 is 2.60 bits per heavy atom. The van der Waals surface area contributed by atoms with Gasteiger partial charge in [-0.2, -0.15) is 5.10 Å². The van der Waals surface area contributed by atoms with Crippen molar-refractivity contribution in [3.8, 4) is 0 Å². The summed E-state index contributed by atoms with van der Waals surface area (Å²) >= 11 is 0. The molecular formula is C12H23N3. The number of hydrogen-bond donors (Lipinski definition) is 1. The van der Waals surface area contributed by atoms with Crippen LogP contribution in [0, 0.1) is 12.3 Å². The third-order valence-corrected chi connectivity index (χ3v) is 2.25. The summed E-state index contributed by atoms with van der Waals surface area (Å²) in [6.07, 6.45) is 0. The van der Waals surface area contributed by atoms with Gasteiger partial charge < -0.3 is 5.32 Å². The van der Waals surface area contributed by atoms with Crippen molar-refractivity contribution in [1.29, 1.82) is 0 Å². The summed E-state index contributed by atoms with van der Waals surface area (Å²) in [5.41, 5.74) is 2.72. The molecule has 0 aromatic carbocycles. The van der Waals surface area contributed by atoms with Crippen LogP contribution in [0.3, 0.4) is 0 Å². The Kier molecular flexibility index (Phi) is 3.91. The topological polar surface area (TPSA) is 29.9 Å². The summed E-state index contributed by atoms with van der Waals surface area (Å²) in [5.74, 6) is 0. The first kappa shape index (κ1) is 12.2. The Morgan fingerprint density at radius 1 is 1.40 bits per heavy atom. The first-order valence-electron chi connectivity index (χ1n) is 5.66. The van der Waals surface area contributed by atoms with E-state index in [0.29, 0.717) is 5.41 Å². The standard InChI is InChI=1S/C12H23N3/c1-6-15-11(7-10(2)14-15)8-13-9-12(3,4)5/h7,13H,6,8-9H2,1-5H3. The Labute approximate surface area is 92.9 Å². The maximum absolute atomic E-state index is 4.42. The largest absolute Gasteiger partial charge is 0.311 e. The van der Waals surface area contributed by atoms with Gasteiger partial charge in [0.2, 0.25) is 0 Å². The quantitative estimate of drug-likeness (QED) is 0.825. The fourth-order valence-corrected chi connectivity index (χ4v) is 1.58. The van der Waals surface area contributed by atoms with Crippen molar-refractivity contribution in [3.05, 3.63) is 17.5 Å². The van der Waals surface area contributed by atoms with E-state index in [1.165, 1.54) is 5.69 Å². The molecule has 0 bridgehead atoms. The molecule has 0 atom stereocenters. The molecule has 3 heteroatoms. The number of nitrogens with one attached hydrogen (secondary N) is 1. The molecule has 0 amide bonds. The molecule has 0 radical (unpaired) electrons. The van der Waals surface area contributed by atoms with E-state index in [1.54, 1.807) is 0 Å². The molecule has 1 rings (SSSR count). The lowest BCUT2D eigenvalue weighted by atomic mass is 9.97. The van der Waals surface area contributed by atoms with Crippen LogP contribution in [0.2, 0.25) is 0 Å². The lowest BCUT2D eigenvalue weighted by Crippen LogP contribution is -2.27. The van der Waals surface area contributed by atoms with E-state index in [0.717, 1.165) is 25.3 Å². The summed E-state index contributed by atoms with van der Waals surface area (Å²) in [6.45, 7) is 13.8. The van der Waals surface area contributed by atoms with Gasteiger partial charge in [-0.3, -0.25) is 4.68 Å². The van der Waals surface area contributed by atoms with Crippen LogP contribution < -0.4 is 5.32 Å². The van der Waals surface area contributed by atoms with Gasteiger partial charge in [-0.25, -0.2) is 0 Å². The maximum atomic E-state index is 4.42. The number of rotatable bonds is 4. The highest BCUT2D eigenvalue weighted by atomic mass is 15.3. The van der Waals surface area contributed by atoms with Gasteiger partial charge in [0.05, 0.1) is 11.4 Å². The number of aromatic nitrogens is 2. The van der Waals surface area contributed by atoms with E-state index in [4.69, 9.17) is 0 Å². The van der Waals surface area contributed by atoms with E-state index >= 15 is 0 Å². The van der Waals surface area contributed by atoms with Gasteiger partial charge in [-0.05, 0) is 25.3 Å². The normalized spacial score (nSPS) is 12.1. The second kappa shape index (κ2) is 4.79. The summed E-state index contributed by atoms with van der Waals surface area (Å²) in [7, 11) is 0. The highest BCUT2D eigenvalue weighted by Crippen LogP contribution is 2.11. The average molecular weight is 209 g/mol. The Hall–Kier alpha value is -0.830. The molecule has 1 N–H and O–H groups in total. The van der Waals surface area contributed by atoms with E-state index in [2.05, 4.69) is 48.9 Å². The summed E-state index contributed by atoms with van der Waals surface area (Å²) in [4.78, 5) is 0. The molecule has 1 aromatic rings. The predicted molar refractivity (Wildman–Crippen MR) is 63.8 cm³/mol. The van der Waals surface area contributed by atoms with Crippen molar-refractivity contribution >= 4 is 0 Å². The number of hydrogen-bond acceptors (Lipinski definition) is 2. The van der Waals surface area contributed by atoms with E-state index < -0.39 is 0 Å². The van der Waals surface area contributed by atoms with Crippen LogP contribution in [0.4, 0.5) is 0 Å². The van der Waals surface area contributed by atoms with Crippen molar-refractivity contribution in [2.24, 2.45) is 5.41 Å². The third kappa shape index (κ3) is 4.04. The first-order valence-corrected chi connectivity index (χ1v) is 5.66. The van der Waals surface area contributed by atoms with Crippen molar-refractivity contribution < 1.29 is 0 Å². The average Bonchev–Trinajstić information content (AvgIpc) is 2.44. The van der Waals surface area contributed by atoms with Gasteiger partial charge in [0.1, 0.15) is 0 Å². The molecule has 0 aliphatic rings. The van der Waals surface area contributed by atoms with E-state index in [9.17, 15) is 0 Å². The Morgan fingerprint density at radius 2 is 2.07 bits per heavy atom. The summed E-state index contributed by atoms with van der Waals surface area (Å²) < 4.78 is 2.06. The third-order valence-electron chi connectivity index (χ3n) is 2.25. The van der Waals surface area contributed by atoms with E-state index in [1.807, 2.05) is 6.92 Å². The number of aryl methyl sites for hydroxylation is 2. The molecule has 0 aliphatic heterocycles. The molecular weight excluding hydrogens is 186 g/mol. The van der Waals surface area contributed by atoms with Gasteiger partial charge in [-0.1, -0.05) is 20.8 Å². The molecule has 15 heavy (non-hydrogen) atoms. The van der Waals surface area contributed by atoms with Gasteiger partial charge in [0.25, 0.3) is 0 Å². The minimum absolute atomic E-state index is 0.339. The van der Waals surface area contributed by atoms with Gasteiger partial charge in [-0.15, -0.1) is 0 Å². The Balaban J connectivity index is 2.50. The maximum Gasteiger partial charge on any atom is 0.0597 e. The van der Waals surface area contributed by atoms with Crippen LogP contribution in [0.1, 0.15) is 39.1 Å². The van der Waals surface area contributed by atoms with Crippen LogP contribution in [-0.4, -0.2) is 16.3 Å². The minimum atomic E-state index is 0.339. The zero-order chi connectivity index (χ0) is 11.5. The van der Waals surface area contributed by atoms with Crippen LogP contribution in [0.15, 0.2) is 6.07 Å². The second-order valence-electron chi connectivity index (χ2n) is 5.26. The smallest absolute Gasteiger partial charge is 0.0597 e. The van der Waals surface area contributed by atoms with Gasteiger partial charge in [0, 0.05) is 19.6 Å². The molecule has 0 unspecified atom stereocenters. The second-order valence-corrected chi connectivity index (χ2v) is 5.26. The van der Waals surface area contributed by atoms with Gasteiger partial charge in [0.15, 0.2) is 0 Å². The van der Waals surface area contributed by atoms with Crippen LogP contribution in [0.5, 0.6) is 0 Å². The first-order chi connectivity index (χ1) is 6.92. The molecule has 1 aromatic heterocycles. The highest BCUT2D eigenvalue weighted by molar-refractivity contribution is 5.08. The van der Waals surface area contributed by atoms with Crippen molar-refractivity contribution in [2.75, 3.05) is 6.54 Å². The fraction of sp³-hybridized carbons (Fsp3) is 0.750. The van der Waals surface area contributed by atoms with Crippen molar-refractivity contribution in [1.82, 2.24) is 15.1 Å². The van der Waals surface area contributed by atoms with Crippen molar-refractivity contribution in [2.45, 2.75) is 47.7 Å². The number of nitrogens with zero attached hydrogens (tertiary/aromatic N) is 2.